The monoisotopic (exact) mass is 582 g/mol. The molecule has 5 heterocycles. The molecule has 0 bridgehead atoms. The Hall–Kier alpha value is -4.75. The Kier molecular flexibility index (Phi) is 7.12. The number of hydrogen-bond donors (Lipinski definition) is 1. The summed E-state index contributed by atoms with van der Waals surface area (Å²) in [5.41, 5.74) is 5.14. The van der Waals surface area contributed by atoms with Gasteiger partial charge in [0.2, 0.25) is 5.95 Å². The number of nitrogens with one attached hydrogen (secondary N) is 1. The van der Waals surface area contributed by atoms with E-state index in [2.05, 4.69) is 54.2 Å². The highest BCUT2D eigenvalue weighted by Crippen LogP contribution is 2.33. The van der Waals surface area contributed by atoms with Crippen molar-refractivity contribution in [2.75, 3.05) is 31.4 Å². The highest BCUT2D eigenvalue weighted by atomic mass is 32.2. The van der Waals surface area contributed by atoms with E-state index in [1.807, 2.05) is 6.07 Å². The van der Waals surface area contributed by atoms with E-state index in [9.17, 15) is 9.00 Å². The molecular weight excluding hydrogens is 552 g/mol. The van der Waals surface area contributed by atoms with Crippen LogP contribution in [0.1, 0.15) is 11.1 Å². The molecule has 42 heavy (non-hydrogen) atoms. The lowest BCUT2D eigenvalue weighted by Crippen LogP contribution is -2.27. The van der Waals surface area contributed by atoms with Crippen molar-refractivity contribution in [3.63, 3.8) is 0 Å². The van der Waals surface area contributed by atoms with Crippen LogP contribution in [0, 0.1) is 0 Å². The molecule has 1 aromatic carbocycles. The molecule has 0 aliphatic carbocycles. The summed E-state index contributed by atoms with van der Waals surface area (Å²) in [5.74, 6) is 1.01. The van der Waals surface area contributed by atoms with Gasteiger partial charge < -0.3 is 10.2 Å². The van der Waals surface area contributed by atoms with Crippen LogP contribution in [0.2, 0.25) is 0 Å². The molecule has 12 nitrogen and oxygen atoms in total. The van der Waals surface area contributed by atoms with Crippen LogP contribution < -0.4 is 10.9 Å². The van der Waals surface area contributed by atoms with Gasteiger partial charge in [-0.15, -0.1) is 6.58 Å². The fourth-order valence-electron chi connectivity index (χ4n) is 5.12. The maximum atomic E-state index is 13.4. The Labute approximate surface area is 243 Å². The first-order valence-corrected chi connectivity index (χ1v) is 15.6. The van der Waals surface area contributed by atoms with Crippen molar-refractivity contribution in [1.29, 1.82) is 0 Å². The highest BCUT2D eigenvalue weighted by molar-refractivity contribution is 7.92. The molecule has 1 aliphatic heterocycles. The Morgan fingerprint density at radius 2 is 2.00 bits per heavy atom. The molecule has 1 aliphatic rings. The molecule has 5 aromatic rings. The summed E-state index contributed by atoms with van der Waals surface area (Å²) in [6.45, 7) is 5.79. The first-order chi connectivity index (χ1) is 20.2. The molecule has 0 amide bonds. The smallest absolute Gasteiger partial charge is 0.278 e. The average molecular weight is 583 g/mol. The van der Waals surface area contributed by atoms with Gasteiger partial charge in [-0.05, 0) is 48.9 Å². The Morgan fingerprint density at radius 1 is 1.14 bits per heavy atom. The van der Waals surface area contributed by atoms with Crippen molar-refractivity contribution in [1.82, 2.24) is 39.2 Å². The molecule has 214 valence electrons. The SMILES string of the molecule is C=CCn1c(=O)c2cnc(Nc3cc4c(c(-c5cnccn5)c3)CCN(C)C4)nc2n1-c1cccc(N=S(C)(C)=O)n1. The number of allylic oxidation sites excluding steroid dienone is 1. The quantitative estimate of drug-likeness (QED) is 0.285. The maximum Gasteiger partial charge on any atom is 0.278 e. The topological polar surface area (TPSA) is 136 Å². The van der Waals surface area contributed by atoms with Crippen molar-refractivity contribution >= 4 is 38.2 Å². The Bertz CT molecular complexity index is 2000. The summed E-state index contributed by atoms with van der Waals surface area (Å²) >= 11 is 0. The van der Waals surface area contributed by atoms with Gasteiger partial charge in [0.1, 0.15) is 5.39 Å². The molecular formula is C29H30N10O2S. The van der Waals surface area contributed by atoms with Crippen LogP contribution in [0.15, 0.2) is 76.9 Å². The molecule has 1 N–H and O–H groups in total. The first kappa shape index (κ1) is 27.4. The predicted molar refractivity (Wildman–Crippen MR) is 164 cm³/mol. The average Bonchev–Trinajstić information content (AvgIpc) is 3.22. The number of aromatic nitrogens is 7. The van der Waals surface area contributed by atoms with E-state index in [1.54, 1.807) is 60.1 Å². The largest absolute Gasteiger partial charge is 0.324 e. The lowest BCUT2D eigenvalue weighted by molar-refractivity contribution is 0.313. The minimum absolute atomic E-state index is 0.221. The van der Waals surface area contributed by atoms with Gasteiger partial charge in [0.05, 0.1) is 18.4 Å². The van der Waals surface area contributed by atoms with Crippen molar-refractivity contribution in [2.45, 2.75) is 19.5 Å². The minimum Gasteiger partial charge on any atom is -0.324 e. The van der Waals surface area contributed by atoms with Gasteiger partial charge in [-0.3, -0.25) is 14.8 Å². The van der Waals surface area contributed by atoms with Crippen LogP contribution >= 0.6 is 0 Å². The lowest BCUT2D eigenvalue weighted by atomic mass is 9.92. The molecule has 13 heteroatoms. The zero-order chi connectivity index (χ0) is 29.4. The van der Waals surface area contributed by atoms with Crippen molar-refractivity contribution in [2.24, 2.45) is 4.36 Å². The van der Waals surface area contributed by atoms with Crippen LogP contribution in [0.25, 0.3) is 28.1 Å². The Balaban J connectivity index is 1.48. The van der Waals surface area contributed by atoms with Gasteiger partial charge in [0.15, 0.2) is 17.3 Å². The van der Waals surface area contributed by atoms with E-state index in [4.69, 9.17) is 4.98 Å². The predicted octanol–water partition coefficient (Wildman–Crippen LogP) is 3.71. The van der Waals surface area contributed by atoms with Crippen LogP contribution in [-0.4, -0.2) is 69.5 Å². The highest BCUT2D eigenvalue weighted by Gasteiger charge is 2.21. The zero-order valence-corrected chi connectivity index (χ0v) is 24.4. The van der Waals surface area contributed by atoms with Gasteiger partial charge in [-0.1, -0.05) is 12.1 Å². The number of fused-ring (bicyclic) bond motifs is 2. The second-order valence-corrected chi connectivity index (χ2v) is 13.0. The van der Waals surface area contributed by atoms with Crippen LogP contribution in [0.4, 0.5) is 17.5 Å². The number of rotatable bonds is 7. The third-order valence-corrected chi connectivity index (χ3v) is 7.48. The van der Waals surface area contributed by atoms with Crippen LogP contribution in [-0.2, 0) is 29.2 Å². The van der Waals surface area contributed by atoms with E-state index in [1.165, 1.54) is 22.0 Å². The van der Waals surface area contributed by atoms with Crippen molar-refractivity contribution in [3.05, 3.63) is 89.3 Å². The minimum atomic E-state index is -2.44. The molecule has 6 rings (SSSR count). The van der Waals surface area contributed by atoms with Gasteiger partial charge in [-0.25, -0.2) is 23.5 Å². The van der Waals surface area contributed by atoms with Crippen molar-refractivity contribution in [3.8, 4) is 17.1 Å². The van der Waals surface area contributed by atoms with E-state index < -0.39 is 9.73 Å². The van der Waals surface area contributed by atoms with Crippen LogP contribution in [0.3, 0.4) is 0 Å². The molecule has 0 spiro atoms. The summed E-state index contributed by atoms with van der Waals surface area (Å²) < 4.78 is 19.6. The number of anilines is 2. The molecule has 0 fully saturated rings. The summed E-state index contributed by atoms with van der Waals surface area (Å²) in [6, 6.07) is 9.31. The van der Waals surface area contributed by atoms with E-state index in [0.29, 0.717) is 28.6 Å². The van der Waals surface area contributed by atoms with Gasteiger partial charge >= 0.3 is 0 Å². The number of likely N-dealkylation sites (N-methyl/N-ethyl adjacent to an activating group) is 1. The van der Waals surface area contributed by atoms with Gasteiger partial charge in [-0.2, -0.15) is 9.35 Å². The van der Waals surface area contributed by atoms with Gasteiger partial charge in [0, 0.05) is 65.2 Å². The molecule has 0 saturated carbocycles. The third-order valence-electron chi connectivity index (χ3n) is 6.85. The number of benzene rings is 1. The number of nitrogens with zero attached hydrogens (tertiary/aromatic N) is 9. The summed E-state index contributed by atoms with van der Waals surface area (Å²) in [4.78, 5) is 38.3. The Morgan fingerprint density at radius 3 is 2.76 bits per heavy atom. The van der Waals surface area contributed by atoms with E-state index in [-0.39, 0.29) is 12.1 Å². The standard InChI is InChI=1S/C29H30N10O2S/c1-5-12-38-28(40)23-16-32-29(35-27(23)39(38)26-8-6-7-25(34-26)36-42(3,4)41)33-20-14-19-18-37(2)13-9-21(19)22(15-20)24-17-30-10-11-31-24/h5-8,10-11,14-17H,1,9,12-13,18H2,2-4H3,(H,32,33,35). The van der Waals surface area contributed by atoms with Gasteiger partial charge in [0.25, 0.3) is 5.56 Å². The third kappa shape index (κ3) is 5.43. The number of hydrogen-bond acceptors (Lipinski definition) is 10. The fourth-order valence-corrected chi connectivity index (χ4v) is 5.68. The molecule has 0 saturated heterocycles. The zero-order valence-electron chi connectivity index (χ0n) is 23.6. The molecule has 0 atom stereocenters. The van der Waals surface area contributed by atoms with Crippen molar-refractivity contribution < 1.29 is 4.21 Å². The number of pyridine rings is 1. The van der Waals surface area contributed by atoms with E-state index in [0.717, 1.165) is 36.5 Å². The molecule has 0 radical (unpaired) electrons. The summed E-state index contributed by atoms with van der Waals surface area (Å²) in [7, 11) is -0.335. The summed E-state index contributed by atoms with van der Waals surface area (Å²) in [5, 5.41) is 3.67. The lowest BCUT2D eigenvalue weighted by Gasteiger charge is -2.27. The van der Waals surface area contributed by atoms with Crippen LogP contribution in [0.5, 0.6) is 0 Å². The summed E-state index contributed by atoms with van der Waals surface area (Å²) in [6.07, 6.45) is 12.3. The second kappa shape index (κ2) is 10.9. The van der Waals surface area contributed by atoms with E-state index >= 15 is 0 Å². The molecule has 4 aromatic heterocycles. The maximum absolute atomic E-state index is 13.4. The fraction of sp³-hybridized carbons (Fsp3) is 0.241. The normalized spacial score (nSPS) is 13.6. The second-order valence-electron chi connectivity index (χ2n) is 10.4. The molecule has 0 unspecified atom stereocenters. The first-order valence-electron chi connectivity index (χ1n) is 13.3.